The fourth-order valence-corrected chi connectivity index (χ4v) is 2.95. The molecule has 3 heteroatoms. The van der Waals surface area contributed by atoms with Gasteiger partial charge in [0, 0.05) is 0 Å². The molecule has 0 saturated heterocycles. The van der Waals surface area contributed by atoms with Crippen molar-refractivity contribution >= 4 is 6.03 Å². The SMILES string of the molecule is CCCC(NC(=O)NC(CCC)c1ccccc1)c1ccccc1. The summed E-state index contributed by atoms with van der Waals surface area (Å²) in [6.07, 6.45) is 3.91. The number of hydrogen-bond acceptors (Lipinski definition) is 1. The standard InChI is InChI=1S/C21H28N2O/c1-3-11-19(17-13-7-5-8-14-17)22-21(24)23-20(12-4-2)18-15-9-6-10-16-18/h5-10,13-16,19-20H,3-4,11-12H2,1-2H3,(H2,22,23,24). The molecule has 2 amide bonds. The Kier molecular flexibility index (Phi) is 7.34. The molecule has 0 aromatic heterocycles. The lowest BCUT2D eigenvalue weighted by Gasteiger charge is -2.23. The van der Waals surface area contributed by atoms with Gasteiger partial charge in [0.2, 0.25) is 0 Å². The molecule has 0 aliphatic carbocycles. The van der Waals surface area contributed by atoms with Crippen molar-refractivity contribution in [2.24, 2.45) is 0 Å². The summed E-state index contributed by atoms with van der Waals surface area (Å²) in [6.45, 7) is 4.28. The van der Waals surface area contributed by atoms with Gasteiger partial charge in [0.15, 0.2) is 0 Å². The first-order chi connectivity index (χ1) is 11.7. The first-order valence-corrected chi connectivity index (χ1v) is 8.91. The highest BCUT2D eigenvalue weighted by Gasteiger charge is 2.17. The van der Waals surface area contributed by atoms with Crippen molar-refractivity contribution in [3.05, 3.63) is 71.8 Å². The van der Waals surface area contributed by atoms with Crippen molar-refractivity contribution in [3.8, 4) is 0 Å². The summed E-state index contributed by atoms with van der Waals surface area (Å²) in [7, 11) is 0. The van der Waals surface area contributed by atoms with Gasteiger partial charge in [-0.15, -0.1) is 0 Å². The Balaban J connectivity index is 2.03. The van der Waals surface area contributed by atoms with Crippen molar-refractivity contribution < 1.29 is 4.79 Å². The smallest absolute Gasteiger partial charge is 0.315 e. The van der Waals surface area contributed by atoms with E-state index in [0.29, 0.717) is 0 Å². The van der Waals surface area contributed by atoms with Crippen molar-refractivity contribution in [1.29, 1.82) is 0 Å². The molecule has 24 heavy (non-hydrogen) atoms. The van der Waals surface area contributed by atoms with E-state index in [4.69, 9.17) is 0 Å². The molecule has 2 N–H and O–H groups in total. The highest BCUT2D eigenvalue weighted by atomic mass is 16.2. The number of rotatable bonds is 8. The molecule has 0 saturated carbocycles. The van der Waals surface area contributed by atoms with Crippen LogP contribution in [0.5, 0.6) is 0 Å². The Labute approximate surface area is 145 Å². The van der Waals surface area contributed by atoms with E-state index >= 15 is 0 Å². The van der Waals surface area contributed by atoms with Crippen LogP contribution >= 0.6 is 0 Å². The molecule has 2 aromatic carbocycles. The van der Waals surface area contributed by atoms with E-state index in [0.717, 1.165) is 36.8 Å². The summed E-state index contributed by atoms with van der Waals surface area (Å²) in [5.41, 5.74) is 2.31. The monoisotopic (exact) mass is 324 g/mol. The quantitative estimate of drug-likeness (QED) is 0.673. The number of benzene rings is 2. The van der Waals surface area contributed by atoms with Gasteiger partial charge in [0.05, 0.1) is 12.1 Å². The van der Waals surface area contributed by atoms with Crippen LogP contribution in [-0.4, -0.2) is 6.03 Å². The summed E-state index contributed by atoms with van der Waals surface area (Å²) < 4.78 is 0. The zero-order valence-electron chi connectivity index (χ0n) is 14.7. The van der Waals surface area contributed by atoms with Crippen LogP contribution in [0, 0.1) is 0 Å². The third kappa shape index (κ3) is 5.41. The minimum atomic E-state index is -0.0976. The molecular weight excluding hydrogens is 296 g/mol. The fraction of sp³-hybridized carbons (Fsp3) is 0.381. The normalized spacial score (nSPS) is 13.1. The van der Waals surface area contributed by atoms with Crippen LogP contribution in [0.2, 0.25) is 0 Å². The third-order valence-electron chi connectivity index (χ3n) is 4.17. The maximum Gasteiger partial charge on any atom is 0.315 e. The lowest BCUT2D eigenvalue weighted by Crippen LogP contribution is -2.40. The summed E-state index contributed by atoms with van der Waals surface area (Å²) >= 11 is 0. The topological polar surface area (TPSA) is 41.1 Å². The van der Waals surface area contributed by atoms with Crippen molar-refractivity contribution in [1.82, 2.24) is 10.6 Å². The fourth-order valence-electron chi connectivity index (χ4n) is 2.95. The molecule has 2 unspecified atom stereocenters. The van der Waals surface area contributed by atoms with E-state index in [2.05, 4.69) is 48.7 Å². The van der Waals surface area contributed by atoms with Crippen LogP contribution in [0.4, 0.5) is 4.79 Å². The first-order valence-electron chi connectivity index (χ1n) is 8.91. The highest BCUT2D eigenvalue weighted by Crippen LogP contribution is 2.20. The van der Waals surface area contributed by atoms with Gasteiger partial charge in [-0.25, -0.2) is 4.79 Å². The molecule has 0 aliphatic heterocycles. The average molecular weight is 324 g/mol. The van der Waals surface area contributed by atoms with E-state index in [1.165, 1.54) is 0 Å². The van der Waals surface area contributed by atoms with Crippen LogP contribution in [-0.2, 0) is 0 Å². The van der Waals surface area contributed by atoms with E-state index in [-0.39, 0.29) is 18.1 Å². The van der Waals surface area contributed by atoms with Crippen LogP contribution in [0.3, 0.4) is 0 Å². The van der Waals surface area contributed by atoms with Crippen LogP contribution in [0.15, 0.2) is 60.7 Å². The molecule has 0 aliphatic rings. The van der Waals surface area contributed by atoms with Crippen LogP contribution < -0.4 is 10.6 Å². The van der Waals surface area contributed by atoms with E-state index in [1.54, 1.807) is 0 Å². The molecule has 0 fully saturated rings. The van der Waals surface area contributed by atoms with Gasteiger partial charge in [-0.1, -0.05) is 87.4 Å². The van der Waals surface area contributed by atoms with Gasteiger partial charge in [0.1, 0.15) is 0 Å². The zero-order chi connectivity index (χ0) is 17.2. The minimum Gasteiger partial charge on any atom is -0.331 e. The molecule has 128 valence electrons. The molecule has 2 aromatic rings. The summed E-state index contributed by atoms with van der Waals surface area (Å²) in [4.78, 5) is 12.5. The van der Waals surface area contributed by atoms with Gasteiger partial charge in [-0.3, -0.25) is 0 Å². The number of urea groups is 1. The molecular formula is C21H28N2O. The molecule has 2 atom stereocenters. The molecule has 0 heterocycles. The van der Waals surface area contributed by atoms with E-state index < -0.39 is 0 Å². The first kappa shape index (κ1) is 18.1. The van der Waals surface area contributed by atoms with Crippen molar-refractivity contribution in [2.45, 2.75) is 51.6 Å². The number of nitrogens with one attached hydrogen (secondary N) is 2. The predicted molar refractivity (Wildman–Crippen MR) is 99.8 cm³/mol. The van der Waals surface area contributed by atoms with Gasteiger partial charge in [-0.05, 0) is 24.0 Å². The van der Waals surface area contributed by atoms with Gasteiger partial charge in [-0.2, -0.15) is 0 Å². The predicted octanol–water partition coefficient (Wildman–Crippen LogP) is 5.37. The van der Waals surface area contributed by atoms with Gasteiger partial charge in [0.25, 0.3) is 0 Å². The highest BCUT2D eigenvalue weighted by molar-refractivity contribution is 5.75. The Morgan fingerprint density at radius 1 is 0.750 bits per heavy atom. The number of carbonyl (C=O) groups is 1. The van der Waals surface area contributed by atoms with E-state index in [1.807, 2.05) is 36.4 Å². The van der Waals surface area contributed by atoms with E-state index in [9.17, 15) is 4.79 Å². The summed E-state index contributed by atoms with van der Waals surface area (Å²) in [5.74, 6) is 0. The summed E-state index contributed by atoms with van der Waals surface area (Å²) in [6, 6.07) is 20.3. The molecule has 2 rings (SSSR count). The zero-order valence-corrected chi connectivity index (χ0v) is 14.7. The lowest BCUT2D eigenvalue weighted by atomic mass is 10.0. The number of hydrogen-bond donors (Lipinski definition) is 2. The second-order valence-electron chi connectivity index (χ2n) is 6.12. The summed E-state index contributed by atoms with van der Waals surface area (Å²) in [5, 5.41) is 6.29. The Morgan fingerprint density at radius 2 is 1.12 bits per heavy atom. The Hall–Kier alpha value is -2.29. The largest absolute Gasteiger partial charge is 0.331 e. The number of carbonyl (C=O) groups excluding carboxylic acids is 1. The second-order valence-corrected chi connectivity index (χ2v) is 6.12. The molecule has 3 nitrogen and oxygen atoms in total. The van der Waals surface area contributed by atoms with Crippen LogP contribution in [0.1, 0.15) is 62.7 Å². The van der Waals surface area contributed by atoms with Crippen molar-refractivity contribution in [2.75, 3.05) is 0 Å². The third-order valence-corrected chi connectivity index (χ3v) is 4.17. The maximum absolute atomic E-state index is 12.5. The molecule has 0 spiro atoms. The molecule has 0 radical (unpaired) electrons. The van der Waals surface area contributed by atoms with Gasteiger partial charge < -0.3 is 10.6 Å². The van der Waals surface area contributed by atoms with Crippen molar-refractivity contribution in [3.63, 3.8) is 0 Å². The average Bonchev–Trinajstić information content (AvgIpc) is 2.62. The maximum atomic E-state index is 12.5. The number of amides is 2. The van der Waals surface area contributed by atoms with Crippen LogP contribution in [0.25, 0.3) is 0 Å². The Morgan fingerprint density at radius 3 is 1.46 bits per heavy atom. The van der Waals surface area contributed by atoms with Gasteiger partial charge >= 0.3 is 6.03 Å². The molecule has 0 bridgehead atoms. The lowest BCUT2D eigenvalue weighted by molar-refractivity contribution is 0.231. The minimum absolute atomic E-state index is 0.0502. The Bertz CT molecular complexity index is 544. The second kappa shape index (κ2) is 9.76.